The molecule has 0 aliphatic rings. The van der Waals surface area contributed by atoms with Crippen LogP contribution in [0, 0.1) is 6.92 Å². The molecule has 28 heavy (non-hydrogen) atoms. The molecule has 0 spiro atoms. The predicted octanol–water partition coefficient (Wildman–Crippen LogP) is 4.83. The highest BCUT2D eigenvalue weighted by molar-refractivity contribution is 7.91. The van der Waals surface area contributed by atoms with E-state index in [1.54, 1.807) is 18.2 Å². The number of anilines is 1. The summed E-state index contributed by atoms with van der Waals surface area (Å²) in [6.07, 6.45) is 0. The molecule has 0 bridgehead atoms. The summed E-state index contributed by atoms with van der Waals surface area (Å²) in [5.74, 6) is -0.583. The van der Waals surface area contributed by atoms with Gasteiger partial charge in [0.15, 0.2) is 5.76 Å². The standard InChI is InChI=1S/C22H17NO4S/c1-15-9-11-17(12-10-15)28(25,26)21-14-13-20(27-21)22(24)23-19-8-4-6-16-5-2-3-7-18(16)19/h2-14H,1H3,(H,23,24). The van der Waals surface area contributed by atoms with Crippen LogP contribution < -0.4 is 5.32 Å². The summed E-state index contributed by atoms with van der Waals surface area (Å²) >= 11 is 0. The maximum absolute atomic E-state index is 12.7. The molecule has 1 N–H and O–H groups in total. The van der Waals surface area contributed by atoms with Crippen LogP contribution in [0.3, 0.4) is 0 Å². The highest BCUT2D eigenvalue weighted by Crippen LogP contribution is 2.26. The van der Waals surface area contributed by atoms with Crippen molar-refractivity contribution in [2.45, 2.75) is 16.9 Å². The Kier molecular flexibility index (Phi) is 4.49. The minimum Gasteiger partial charge on any atom is -0.439 e. The summed E-state index contributed by atoms with van der Waals surface area (Å²) in [6.45, 7) is 1.87. The summed E-state index contributed by atoms with van der Waals surface area (Å²) in [5.41, 5.74) is 1.58. The summed E-state index contributed by atoms with van der Waals surface area (Å²) in [4.78, 5) is 12.7. The third-order valence-electron chi connectivity index (χ3n) is 4.44. The Morgan fingerprint density at radius 2 is 1.57 bits per heavy atom. The Morgan fingerprint density at radius 3 is 2.36 bits per heavy atom. The van der Waals surface area contributed by atoms with Crippen LogP contribution in [0.25, 0.3) is 10.8 Å². The summed E-state index contributed by atoms with van der Waals surface area (Å²) < 4.78 is 30.8. The van der Waals surface area contributed by atoms with Gasteiger partial charge in [-0.25, -0.2) is 8.42 Å². The van der Waals surface area contributed by atoms with Crippen molar-refractivity contribution in [1.82, 2.24) is 0 Å². The second-order valence-corrected chi connectivity index (χ2v) is 8.30. The number of carbonyl (C=O) groups excluding carboxylic acids is 1. The average Bonchev–Trinajstić information content (AvgIpc) is 3.20. The van der Waals surface area contributed by atoms with Crippen molar-refractivity contribution in [3.8, 4) is 0 Å². The summed E-state index contributed by atoms with van der Waals surface area (Å²) in [7, 11) is -3.82. The van der Waals surface area contributed by atoms with E-state index < -0.39 is 15.7 Å². The number of benzene rings is 3. The first kappa shape index (κ1) is 18.0. The van der Waals surface area contributed by atoms with Crippen LogP contribution >= 0.6 is 0 Å². The van der Waals surface area contributed by atoms with E-state index in [1.807, 2.05) is 43.3 Å². The van der Waals surface area contributed by atoms with Gasteiger partial charge in [0.1, 0.15) is 0 Å². The first-order valence-corrected chi connectivity index (χ1v) is 10.1. The molecule has 0 aliphatic heterocycles. The van der Waals surface area contributed by atoms with Gasteiger partial charge in [-0.1, -0.05) is 54.1 Å². The number of sulfone groups is 1. The van der Waals surface area contributed by atoms with Crippen molar-refractivity contribution >= 4 is 32.2 Å². The average molecular weight is 391 g/mol. The van der Waals surface area contributed by atoms with Crippen LogP contribution in [-0.4, -0.2) is 14.3 Å². The minimum atomic E-state index is -3.82. The van der Waals surface area contributed by atoms with Gasteiger partial charge in [0.05, 0.1) is 4.90 Å². The molecule has 1 aromatic heterocycles. The highest BCUT2D eigenvalue weighted by Gasteiger charge is 2.23. The van der Waals surface area contributed by atoms with Crippen molar-refractivity contribution in [2.75, 3.05) is 5.32 Å². The number of aryl methyl sites for hydroxylation is 1. The quantitative estimate of drug-likeness (QED) is 0.541. The molecular weight excluding hydrogens is 374 g/mol. The number of furan rings is 1. The zero-order valence-electron chi connectivity index (χ0n) is 15.0. The Balaban J connectivity index is 1.62. The largest absolute Gasteiger partial charge is 0.439 e. The second-order valence-electron chi connectivity index (χ2n) is 6.42. The van der Waals surface area contributed by atoms with E-state index in [9.17, 15) is 13.2 Å². The van der Waals surface area contributed by atoms with Gasteiger partial charge in [-0.3, -0.25) is 4.79 Å². The third kappa shape index (κ3) is 3.30. The smallest absolute Gasteiger partial charge is 0.291 e. The van der Waals surface area contributed by atoms with Gasteiger partial charge in [0.2, 0.25) is 14.9 Å². The molecule has 0 saturated heterocycles. The molecule has 0 saturated carbocycles. The van der Waals surface area contributed by atoms with Gasteiger partial charge in [0.25, 0.3) is 5.91 Å². The van der Waals surface area contributed by atoms with Crippen LogP contribution in [0.15, 0.2) is 93.3 Å². The highest BCUT2D eigenvalue weighted by atomic mass is 32.2. The molecule has 0 aliphatic carbocycles. The number of nitrogens with one attached hydrogen (secondary N) is 1. The van der Waals surface area contributed by atoms with Crippen LogP contribution in [-0.2, 0) is 9.84 Å². The Bertz CT molecular complexity index is 1270. The van der Waals surface area contributed by atoms with Crippen molar-refractivity contribution in [2.24, 2.45) is 0 Å². The lowest BCUT2D eigenvalue weighted by atomic mass is 10.1. The lowest BCUT2D eigenvalue weighted by Crippen LogP contribution is -2.11. The third-order valence-corrected chi connectivity index (χ3v) is 6.08. The van der Waals surface area contributed by atoms with Crippen molar-refractivity contribution in [1.29, 1.82) is 0 Å². The van der Waals surface area contributed by atoms with Crippen molar-refractivity contribution in [3.05, 3.63) is 90.2 Å². The van der Waals surface area contributed by atoms with E-state index in [0.717, 1.165) is 16.3 Å². The van der Waals surface area contributed by atoms with E-state index in [-0.39, 0.29) is 15.7 Å². The number of amides is 1. The van der Waals surface area contributed by atoms with Gasteiger partial charge in [-0.2, -0.15) is 0 Å². The fourth-order valence-corrected chi connectivity index (χ4v) is 4.11. The molecular formula is C22H17NO4S. The van der Waals surface area contributed by atoms with E-state index >= 15 is 0 Å². The molecule has 5 nitrogen and oxygen atoms in total. The molecule has 4 rings (SSSR count). The van der Waals surface area contributed by atoms with Crippen molar-refractivity contribution < 1.29 is 17.6 Å². The lowest BCUT2D eigenvalue weighted by Gasteiger charge is -2.07. The fraction of sp³-hybridized carbons (Fsp3) is 0.0455. The minimum absolute atomic E-state index is 0.0707. The van der Waals surface area contributed by atoms with E-state index in [0.29, 0.717) is 5.69 Å². The van der Waals surface area contributed by atoms with E-state index in [4.69, 9.17) is 4.42 Å². The van der Waals surface area contributed by atoms with Gasteiger partial charge in [-0.15, -0.1) is 0 Å². The zero-order chi connectivity index (χ0) is 19.7. The Morgan fingerprint density at radius 1 is 0.857 bits per heavy atom. The lowest BCUT2D eigenvalue weighted by molar-refractivity contribution is 0.0991. The first-order chi connectivity index (χ1) is 13.4. The fourth-order valence-electron chi connectivity index (χ4n) is 2.94. The molecule has 4 aromatic rings. The second kappa shape index (κ2) is 6.98. The molecule has 1 amide bonds. The number of hydrogen-bond acceptors (Lipinski definition) is 4. The van der Waals surface area contributed by atoms with Crippen LogP contribution in [0.5, 0.6) is 0 Å². The van der Waals surface area contributed by atoms with E-state index in [1.165, 1.54) is 24.3 Å². The molecule has 0 unspecified atom stereocenters. The molecule has 0 radical (unpaired) electrons. The van der Waals surface area contributed by atoms with Gasteiger partial charge in [0, 0.05) is 11.1 Å². The van der Waals surface area contributed by atoms with Crippen LogP contribution in [0.2, 0.25) is 0 Å². The first-order valence-electron chi connectivity index (χ1n) is 8.66. The van der Waals surface area contributed by atoms with Gasteiger partial charge < -0.3 is 9.73 Å². The van der Waals surface area contributed by atoms with Crippen LogP contribution in [0.4, 0.5) is 5.69 Å². The van der Waals surface area contributed by atoms with Gasteiger partial charge in [-0.05, 0) is 42.6 Å². The molecule has 6 heteroatoms. The SMILES string of the molecule is Cc1ccc(S(=O)(=O)c2ccc(C(=O)Nc3cccc4ccccc34)o2)cc1. The number of carbonyl (C=O) groups is 1. The number of hydrogen-bond donors (Lipinski definition) is 1. The summed E-state index contributed by atoms with van der Waals surface area (Å²) in [6, 6.07) is 22.4. The Labute approximate surface area is 162 Å². The molecule has 0 atom stereocenters. The Hall–Kier alpha value is -3.38. The zero-order valence-corrected chi connectivity index (χ0v) is 15.9. The van der Waals surface area contributed by atoms with Gasteiger partial charge >= 0.3 is 0 Å². The number of rotatable bonds is 4. The molecule has 1 heterocycles. The molecule has 3 aromatic carbocycles. The van der Waals surface area contributed by atoms with Crippen LogP contribution in [0.1, 0.15) is 16.1 Å². The molecule has 140 valence electrons. The summed E-state index contributed by atoms with van der Waals surface area (Å²) in [5, 5.41) is 4.40. The topological polar surface area (TPSA) is 76.4 Å². The maximum atomic E-state index is 12.7. The van der Waals surface area contributed by atoms with Crippen molar-refractivity contribution in [3.63, 3.8) is 0 Å². The van der Waals surface area contributed by atoms with E-state index in [2.05, 4.69) is 5.32 Å². The number of fused-ring (bicyclic) bond motifs is 1. The molecule has 0 fully saturated rings. The predicted molar refractivity (Wildman–Crippen MR) is 107 cm³/mol. The maximum Gasteiger partial charge on any atom is 0.291 e. The monoisotopic (exact) mass is 391 g/mol. The normalized spacial score (nSPS) is 11.5.